The molecule has 0 amide bonds. The van der Waals surface area contributed by atoms with E-state index in [4.69, 9.17) is 18.9 Å². The van der Waals surface area contributed by atoms with Crippen LogP contribution in [0.2, 0.25) is 0 Å². The van der Waals surface area contributed by atoms with Crippen molar-refractivity contribution in [2.24, 2.45) is 0 Å². The molecule has 0 N–H and O–H groups in total. The van der Waals surface area contributed by atoms with Gasteiger partial charge in [0.25, 0.3) is 20.1 Å². The number of aryl methyl sites for hydroxylation is 2. The number of anilines is 9. The topological polar surface area (TPSA) is 46.6 Å². The molecular weight excluding hydrogens is 955 g/mol. The maximum Gasteiger partial charge on any atom is 0.260 e. The maximum atomic E-state index is 7.19. The Morgan fingerprint density at radius 1 is 0.269 bits per heavy atom. The Morgan fingerprint density at radius 2 is 0.641 bits per heavy atom. The number of fused-ring (bicyclic) bond motifs is 12. The Labute approximate surface area is 453 Å². The van der Waals surface area contributed by atoms with Gasteiger partial charge in [0.05, 0.1) is 5.69 Å². The molecule has 10 heteroatoms. The van der Waals surface area contributed by atoms with Crippen LogP contribution in [0.1, 0.15) is 11.1 Å². The van der Waals surface area contributed by atoms with Crippen LogP contribution in [0, 0.1) is 13.8 Å². The van der Waals surface area contributed by atoms with Gasteiger partial charge >= 0.3 is 0 Å². The Kier molecular flexibility index (Phi) is 9.11. The lowest BCUT2D eigenvalue weighted by atomic mass is 9.29. The van der Waals surface area contributed by atoms with Crippen molar-refractivity contribution in [1.82, 2.24) is 0 Å². The van der Waals surface area contributed by atoms with E-state index in [0.717, 1.165) is 141 Å². The lowest BCUT2D eigenvalue weighted by Crippen LogP contribution is -2.65. The Balaban J connectivity index is 1.01. The molecule has 364 valence electrons. The third kappa shape index (κ3) is 6.14. The molecule has 11 aromatic rings. The van der Waals surface area contributed by atoms with Gasteiger partial charge in [-0.2, -0.15) is 0 Å². The van der Waals surface area contributed by atoms with E-state index in [1.54, 1.807) is 0 Å². The van der Waals surface area contributed by atoms with E-state index in [1.807, 2.05) is 12.1 Å². The van der Waals surface area contributed by atoms with Gasteiger partial charge in [0.2, 0.25) is 0 Å². The molecule has 6 aliphatic rings. The monoisotopic (exact) mass is 999 g/mol. The van der Waals surface area contributed by atoms with E-state index in [2.05, 4.69) is 247 Å². The summed E-state index contributed by atoms with van der Waals surface area (Å²) in [6.45, 7) is 3.93. The number of para-hydroxylation sites is 6. The van der Waals surface area contributed by atoms with Crippen molar-refractivity contribution in [3.63, 3.8) is 0 Å². The van der Waals surface area contributed by atoms with Crippen LogP contribution in [0.4, 0.5) is 51.2 Å². The first-order valence-electron chi connectivity index (χ1n) is 26.8. The molecular formula is C68H44B3N3O4. The van der Waals surface area contributed by atoms with E-state index >= 15 is 0 Å². The fraction of sp³-hybridized carbons (Fsp3) is 0.0294. The fourth-order valence-electron chi connectivity index (χ4n) is 13.6. The normalized spacial score (nSPS) is 13.8. The molecule has 6 aliphatic heterocycles. The summed E-state index contributed by atoms with van der Waals surface area (Å²) in [6, 6.07) is 82.9. The van der Waals surface area contributed by atoms with Gasteiger partial charge in [-0.25, -0.2) is 0 Å². The number of hydrogen-bond donors (Lipinski definition) is 0. The van der Waals surface area contributed by atoms with Crippen LogP contribution in [-0.2, 0) is 0 Å². The van der Waals surface area contributed by atoms with E-state index in [-0.39, 0.29) is 20.1 Å². The highest BCUT2D eigenvalue weighted by Crippen LogP contribution is 2.51. The molecule has 0 bridgehead atoms. The number of ether oxygens (including phenoxy) is 4. The lowest BCUT2D eigenvalue weighted by molar-refractivity contribution is 0.464. The van der Waals surface area contributed by atoms with Crippen LogP contribution in [0.25, 0.3) is 0 Å². The molecule has 0 atom stereocenters. The SMILES string of the molecule is Cc1ccccc1N1c2cc3c(cc2B2c4cc5c(cc4N(c4ccccc4C)c4cc(N(c6ccccc6)c6ccccc6)cc1c42)Oc1cccc2c1B5c1ccccc1O2)B1c2ccccc2Oc2cccc(c21)O3. The van der Waals surface area contributed by atoms with Gasteiger partial charge in [-0.15, -0.1) is 0 Å². The highest BCUT2D eigenvalue weighted by atomic mass is 16.5. The second kappa shape index (κ2) is 16.4. The summed E-state index contributed by atoms with van der Waals surface area (Å²) in [6.07, 6.45) is 0. The van der Waals surface area contributed by atoms with Gasteiger partial charge in [0.15, 0.2) is 0 Å². The molecule has 0 radical (unpaired) electrons. The lowest BCUT2D eigenvalue weighted by Gasteiger charge is -2.46. The first kappa shape index (κ1) is 43.5. The molecule has 6 heterocycles. The number of rotatable bonds is 5. The van der Waals surface area contributed by atoms with Gasteiger partial charge in [0.1, 0.15) is 46.0 Å². The number of hydrogen-bond acceptors (Lipinski definition) is 7. The summed E-state index contributed by atoms with van der Waals surface area (Å²) in [7, 11) is 0. The van der Waals surface area contributed by atoms with Crippen LogP contribution < -0.4 is 82.8 Å². The van der Waals surface area contributed by atoms with Crippen molar-refractivity contribution >= 4 is 120 Å². The quantitative estimate of drug-likeness (QED) is 0.159. The van der Waals surface area contributed by atoms with E-state index in [1.165, 1.54) is 16.4 Å². The molecule has 0 saturated carbocycles. The predicted octanol–water partition coefficient (Wildman–Crippen LogP) is 11.3. The van der Waals surface area contributed by atoms with E-state index in [9.17, 15) is 0 Å². The van der Waals surface area contributed by atoms with Gasteiger partial charge in [-0.05, 0) is 148 Å². The predicted molar refractivity (Wildman–Crippen MR) is 320 cm³/mol. The Bertz CT molecular complexity index is 4110. The van der Waals surface area contributed by atoms with Crippen LogP contribution in [0.15, 0.2) is 231 Å². The highest BCUT2D eigenvalue weighted by Gasteiger charge is 2.49. The zero-order valence-corrected chi connectivity index (χ0v) is 42.6. The molecule has 0 spiro atoms. The smallest absolute Gasteiger partial charge is 0.260 e. The maximum absolute atomic E-state index is 7.19. The molecule has 0 fully saturated rings. The minimum Gasteiger partial charge on any atom is -0.458 e. The summed E-state index contributed by atoms with van der Waals surface area (Å²) in [5, 5.41) is 0. The van der Waals surface area contributed by atoms with Crippen LogP contribution in [0.3, 0.4) is 0 Å². The second-order valence-electron chi connectivity index (χ2n) is 21.2. The van der Waals surface area contributed by atoms with E-state index in [0.29, 0.717) is 0 Å². The second-order valence-corrected chi connectivity index (χ2v) is 21.2. The Morgan fingerprint density at radius 3 is 1.09 bits per heavy atom. The van der Waals surface area contributed by atoms with Crippen LogP contribution in [0.5, 0.6) is 46.0 Å². The average molecular weight is 1000 g/mol. The summed E-state index contributed by atoms with van der Waals surface area (Å²) >= 11 is 0. The third-order valence-corrected chi connectivity index (χ3v) is 16.9. The zero-order valence-electron chi connectivity index (χ0n) is 42.6. The molecule has 78 heavy (non-hydrogen) atoms. The minimum atomic E-state index is -0.259. The van der Waals surface area contributed by atoms with Gasteiger partial charge in [0, 0.05) is 68.6 Å². The summed E-state index contributed by atoms with van der Waals surface area (Å²) in [5.41, 5.74) is 22.1. The average Bonchev–Trinajstić information content (AvgIpc) is 2.97. The first-order valence-corrected chi connectivity index (χ1v) is 26.8. The molecule has 0 saturated heterocycles. The first-order chi connectivity index (χ1) is 38.5. The highest BCUT2D eigenvalue weighted by molar-refractivity contribution is 7.03. The van der Waals surface area contributed by atoms with Gasteiger partial charge < -0.3 is 33.6 Å². The van der Waals surface area contributed by atoms with Crippen molar-refractivity contribution in [1.29, 1.82) is 0 Å². The Hall–Kier alpha value is -9.79. The molecule has 17 rings (SSSR count). The number of benzene rings is 11. The molecule has 0 unspecified atom stereocenters. The third-order valence-electron chi connectivity index (χ3n) is 16.9. The van der Waals surface area contributed by atoms with Gasteiger partial charge in [-0.3, -0.25) is 0 Å². The van der Waals surface area contributed by atoms with Crippen molar-refractivity contribution in [2.75, 3.05) is 14.7 Å². The molecule has 11 aromatic carbocycles. The largest absolute Gasteiger partial charge is 0.458 e. The molecule has 0 aromatic heterocycles. The fourth-order valence-corrected chi connectivity index (χ4v) is 13.6. The minimum absolute atomic E-state index is 0.132. The van der Waals surface area contributed by atoms with Crippen LogP contribution >= 0.6 is 0 Å². The van der Waals surface area contributed by atoms with Gasteiger partial charge in [-0.1, -0.05) is 133 Å². The number of nitrogens with zero attached hydrogens (tertiary/aromatic N) is 3. The van der Waals surface area contributed by atoms with Crippen molar-refractivity contribution < 1.29 is 18.9 Å². The standard InChI is InChI=1S/C68H44B3N3O4/c1-41-19-9-13-27-52(41)73-54-39-64-50(69-46-25-11-15-29-58(46)75-60-31-17-33-62(77-64)67(60)69)37-48(54)71-49-38-51-65(78-63-34-18-32-61-68(63)70(51)47-26-12-16-30-59(47)76-61)40-55(49)74(53-28-14-10-20-42(53)2)57-36-45(35-56(73)66(57)71)72(43-21-5-3-6-22-43)44-23-7-4-8-24-44/h3-40H,1-2H3. The molecule has 0 aliphatic carbocycles. The van der Waals surface area contributed by atoms with Crippen molar-refractivity contribution in [3.8, 4) is 46.0 Å². The summed E-state index contributed by atoms with van der Waals surface area (Å²) in [4.78, 5) is 7.43. The van der Waals surface area contributed by atoms with Crippen LogP contribution in [-0.4, -0.2) is 20.1 Å². The van der Waals surface area contributed by atoms with E-state index < -0.39 is 0 Å². The van der Waals surface area contributed by atoms with Crippen molar-refractivity contribution in [2.45, 2.75) is 13.8 Å². The molecule has 7 nitrogen and oxygen atoms in total. The zero-order chi connectivity index (χ0) is 51.3. The summed E-state index contributed by atoms with van der Waals surface area (Å²) < 4.78 is 27.7. The summed E-state index contributed by atoms with van der Waals surface area (Å²) in [5.74, 6) is 6.64. The van der Waals surface area contributed by atoms with Crippen molar-refractivity contribution in [3.05, 3.63) is 242 Å².